The minimum absolute atomic E-state index is 0.0682. The van der Waals surface area contributed by atoms with Gasteiger partial charge < -0.3 is 9.64 Å². The number of hydrazone groups is 1. The number of nitrogens with zero attached hydrogens (tertiary/aromatic N) is 2. The molecule has 0 unspecified atom stereocenters. The minimum Gasteiger partial charge on any atom is -0.494 e. The van der Waals surface area contributed by atoms with Crippen LogP contribution in [0.2, 0.25) is 0 Å². The molecule has 2 aromatic carbocycles. The molecule has 3 rings (SSSR count). The van der Waals surface area contributed by atoms with E-state index in [-0.39, 0.29) is 18.2 Å². The Bertz CT molecular complexity index is 788. The molecule has 26 heavy (non-hydrogen) atoms. The molecule has 1 fully saturated rings. The van der Waals surface area contributed by atoms with E-state index in [0.29, 0.717) is 13.2 Å². The van der Waals surface area contributed by atoms with Crippen molar-refractivity contribution < 1.29 is 14.3 Å². The summed E-state index contributed by atoms with van der Waals surface area (Å²) in [7, 11) is 0. The number of ether oxygens (including phenoxy) is 1. The summed E-state index contributed by atoms with van der Waals surface area (Å²) in [5, 5.41) is 3.97. The quantitative estimate of drug-likeness (QED) is 0.642. The predicted octanol–water partition coefficient (Wildman–Crippen LogP) is 2.59. The van der Waals surface area contributed by atoms with Crippen LogP contribution in [0.4, 0.5) is 5.69 Å². The molecule has 0 spiro atoms. The fourth-order valence-electron chi connectivity index (χ4n) is 2.82. The standard InChI is InChI=1S/C20H21N3O3/c1-2-26-18-10-8-17(9-11-18)23-14-16(12-19(23)24)20(25)22-21-13-15-6-4-3-5-7-15/h3-11,13,16H,2,12,14H2,1H3,(H,22,25)/b21-13-/t16-/m0/s1. The first-order chi connectivity index (χ1) is 12.7. The molecular formula is C20H21N3O3. The Kier molecular flexibility index (Phi) is 5.63. The number of hydrogen-bond acceptors (Lipinski definition) is 4. The summed E-state index contributed by atoms with van der Waals surface area (Å²) in [4.78, 5) is 26.2. The maximum atomic E-state index is 12.3. The SMILES string of the molecule is CCOc1ccc(N2C[C@@H](C(=O)N/N=C\c3ccccc3)CC2=O)cc1. The number of nitrogens with one attached hydrogen (secondary N) is 1. The molecule has 6 nitrogen and oxygen atoms in total. The van der Waals surface area contributed by atoms with E-state index in [2.05, 4.69) is 10.5 Å². The first kappa shape index (κ1) is 17.7. The monoisotopic (exact) mass is 351 g/mol. The van der Waals surface area contributed by atoms with Gasteiger partial charge in [-0.05, 0) is 36.8 Å². The number of amides is 2. The van der Waals surface area contributed by atoms with E-state index in [1.165, 1.54) is 0 Å². The lowest BCUT2D eigenvalue weighted by molar-refractivity contribution is -0.126. The van der Waals surface area contributed by atoms with E-state index in [1.807, 2.05) is 61.5 Å². The second-order valence-electron chi connectivity index (χ2n) is 5.98. The van der Waals surface area contributed by atoms with E-state index in [4.69, 9.17) is 4.74 Å². The van der Waals surface area contributed by atoms with Gasteiger partial charge in [-0.25, -0.2) is 5.43 Å². The summed E-state index contributed by atoms with van der Waals surface area (Å²) in [5.41, 5.74) is 4.18. The third kappa shape index (κ3) is 4.27. The second kappa shape index (κ2) is 8.29. The number of carbonyl (C=O) groups is 2. The van der Waals surface area contributed by atoms with Crippen molar-refractivity contribution in [2.45, 2.75) is 13.3 Å². The van der Waals surface area contributed by atoms with Crippen molar-refractivity contribution in [2.75, 3.05) is 18.1 Å². The third-order valence-corrected chi connectivity index (χ3v) is 4.14. The van der Waals surface area contributed by atoms with Gasteiger partial charge in [0.1, 0.15) is 5.75 Å². The fraction of sp³-hybridized carbons (Fsp3) is 0.250. The Morgan fingerprint density at radius 1 is 1.23 bits per heavy atom. The van der Waals surface area contributed by atoms with Crippen molar-refractivity contribution >= 4 is 23.7 Å². The molecule has 1 N–H and O–H groups in total. The zero-order valence-electron chi connectivity index (χ0n) is 14.6. The number of carbonyl (C=O) groups excluding carboxylic acids is 2. The normalized spacial score (nSPS) is 16.9. The van der Waals surface area contributed by atoms with Gasteiger partial charge >= 0.3 is 0 Å². The highest BCUT2D eigenvalue weighted by molar-refractivity contribution is 6.00. The molecule has 0 bridgehead atoms. The topological polar surface area (TPSA) is 71.0 Å². The van der Waals surface area contributed by atoms with E-state index >= 15 is 0 Å². The van der Waals surface area contributed by atoms with Crippen molar-refractivity contribution in [1.29, 1.82) is 0 Å². The Balaban J connectivity index is 1.58. The molecular weight excluding hydrogens is 330 g/mol. The molecule has 0 radical (unpaired) electrons. The molecule has 0 saturated carbocycles. The van der Waals surface area contributed by atoms with Crippen LogP contribution in [0.1, 0.15) is 18.9 Å². The molecule has 1 aliphatic heterocycles. The molecule has 6 heteroatoms. The summed E-state index contributed by atoms with van der Waals surface area (Å²) in [6.07, 6.45) is 1.76. The molecule has 2 aromatic rings. The smallest absolute Gasteiger partial charge is 0.245 e. The number of hydrogen-bond donors (Lipinski definition) is 1. The van der Waals surface area contributed by atoms with Crippen LogP contribution in [0.15, 0.2) is 59.7 Å². The van der Waals surface area contributed by atoms with Crippen LogP contribution in [0.5, 0.6) is 5.75 Å². The van der Waals surface area contributed by atoms with E-state index in [9.17, 15) is 9.59 Å². The van der Waals surface area contributed by atoms with Gasteiger partial charge in [0.25, 0.3) is 0 Å². The fourth-order valence-corrected chi connectivity index (χ4v) is 2.82. The summed E-state index contributed by atoms with van der Waals surface area (Å²) in [6.45, 7) is 2.86. The molecule has 1 heterocycles. The number of benzene rings is 2. The van der Waals surface area contributed by atoms with Crippen LogP contribution in [-0.2, 0) is 9.59 Å². The lowest BCUT2D eigenvalue weighted by Gasteiger charge is -2.17. The van der Waals surface area contributed by atoms with Crippen molar-refractivity contribution in [3.8, 4) is 5.75 Å². The average Bonchev–Trinajstić information content (AvgIpc) is 3.05. The molecule has 0 aliphatic carbocycles. The van der Waals surface area contributed by atoms with Crippen LogP contribution >= 0.6 is 0 Å². The van der Waals surface area contributed by atoms with Gasteiger partial charge in [0.2, 0.25) is 11.8 Å². The Morgan fingerprint density at radius 2 is 1.96 bits per heavy atom. The molecule has 2 amide bonds. The molecule has 1 atom stereocenters. The zero-order valence-corrected chi connectivity index (χ0v) is 14.6. The van der Waals surface area contributed by atoms with Crippen LogP contribution < -0.4 is 15.1 Å². The summed E-state index contributed by atoms with van der Waals surface area (Å²) >= 11 is 0. The molecule has 134 valence electrons. The molecule has 0 aromatic heterocycles. The van der Waals surface area contributed by atoms with Crippen molar-refractivity contribution in [3.05, 3.63) is 60.2 Å². The zero-order chi connectivity index (χ0) is 18.4. The van der Waals surface area contributed by atoms with Crippen LogP contribution in [0.3, 0.4) is 0 Å². The average molecular weight is 351 g/mol. The van der Waals surface area contributed by atoms with Gasteiger partial charge in [-0.3, -0.25) is 9.59 Å². The van der Waals surface area contributed by atoms with Crippen molar-refractivity contribution in [1.82, 2.24) is 5.43 Å². The summed E-state index contributed by atoms with van der Waals surface area (Å²) in [5.74, 6) is 0.0229. The summed E-state index contributed by atoms with van der Waals surface area (Å²) in [6, 6.07) is 16.8. The van der Waals surface area contributed by atoms with Crippen LogP contribution in [0, 0.1) is 5.92 Å². The van der Waals surface area contributed by atoms with E-state index in [0.717, 1.165) is 17.0 Å². The number of anilines is 1. The van der Waals surface area contributed by atoms with Gasteiger partial charge in [0.05, 0.1) is 18.7 Å². The minimum atomic E-state index is -0.415. The third-order valence-electron chi connectivity index (χ3n) is 4.14. The first-order valence-corrected chi connectivity index (χ1v) is 8.58. The van der Waals surface area contributed by atoms with Gasteiger partial charge in [0.15, 0.2) is 0 Å². The summed E-state index contributed by atoms with van der Waals surface area (Å²) < 4.78 is 5.41. The lowest BCUT2D eigenvalue weighted by atomic mass is 10.1. The Labute approximate surface area is 152 Å². The maximum Gasteiger partial charge on any atom is 0.245 e. The van der Waals surface area contributed by atoms with E-state index < -0.39 is 5.92 Å². The Hall–Kier alpha value is -3.15. The van der Waals surface area contributed by atoms with Gasteiger partial charge in [0, 0.05) is 18.7 Å². The highest BCUT2D eigenvalue weighted by Gasteiger charge is 2.35. The van der Waals surface area contributed by atoms with Gasteiger partial charge in [-0.15, -0.1) is 0 Å². The van der Waals surface area contributed by atoms with Gasteiger partial charge in [-0.2, -0.15) is 5.10 Å². The molecule has 1 saturated heterocycles. The first-order valence-electron chi connectivity index (χ1n) is 8.58. The maximum absolute atomic E-state index is 12.3. The second-order valence-corrected chi connectivity index (χ2v) is 5.98. The van der Waals surface area contributed by atoms with Crippen molar-refractivity contribution in [3.63, 3.8) is 0 Å². The van der Waals surface area contributed by atoms with E-state index in [1.54, 1.807) is 11.1 Å². The highest BCUT2D eigenvalue weighted by atomic mass is 16.5. The largest absolute Gasteiger partial charge is 0.494 e. The Morgan fingerprint density at radius 3 is 2.65 bits per heavy atom. The predicted molar refractivity (Wildman–Crippen MR) is 100 cm³/mol. The van der Waals surface area contributed by atoms with Crippen LogP contribution in [0.25, 0.3) is 0 Å². The number of rotatable bonds is 6. The van der Waals surface area contributed by atoms with Gasteiger partial charge in [-0.1, -0.05) is 30.3 Å². The lowest BCUT2D eigenvalue weighted by Crippen LogP contribution is -2.30. The highest BCUT2D eigenvalue weighted by Crippen LogP contribution is 2.27. The van der Waals surface area contributed by atoms with Crippen LogP contribution in [-0.4, -0.2) is 31.2 Å². The molecule has 1 aliphatic rings. The van der Waals surface area contributed by atoms with Crippen molar-refractivity contribution in [2.24, 2.45) is 11.0 Å².